The number of nitrogens with one attached hydrogen (secondary N) is 1. The highest BCUT2D eigenvalue weighted by Gasteiger charge is 2.25. The molecule has 1 aromatic rings. The number of hydrogen-bond donors (Lipinski definition) is 1. The number of ether oxygens (including phenoxy) is 2. The Kier molecular flexibility index (Phi) is 6.02. The highest BCUT2D eigenvalue weighted by molar-refractivity contribution is 5.26. The van der Waals surface area contributed by atoms with Crippen molar-refractivity contribution < 1.29 is 9.47 Å². The quantitative estimate of drug-likeness (QED) is 0.867. The lowest BCUT2D eigenvalue weighted by Gasteiger charge is -2.31. The van der Waals surface area contributed by atoms with E-state index in [-0.39, 0.29) is 12.1 Å². The summed E-state index contributed by atoms with van der Waals surface area (Å²) in [6, 6.07) is 9.15. The molecule has 2 atom stereocenters. The van der Waals surface area contributed by atoms with Gasteiger partial charge in [-0.3, -0.25) is 0 Å². The topological polar surface area (TPSA) is 30.5 Å². The Morgan fingerprint density at radius 1 is 1.20 bits per heavy atom. The fourth-order valence-corrected chi connectivity index (χ4v) is 2.71. The van der Waals surface area contributed by atoms with Gasteiger partial charge in [-0.1, -0.05) is 45.0 Å². The van der Waals surface area contributed by atoms with Crippen LogP contribution in [0.2, 0.25) is 0 Å². The van der Waals surface area contributed by atoms with Crippen molar-refractivity contribution in [3.05, 3.63) is 35.4 Å². The molecule has 1 aliphatic heterocycles. The minimum absolute atomic E-state index is 0.111. The highest BCUT2D eigenvalue weighted by atomic mass is 16.6. The fraction of sp³-hybridized carbons (Fsp3) is 0.647. The third-order valence-corrected chi connectivity index (χ3v) is 3.62. The van der Waals surface area contributed by atoms with E-state index in [0.717, 1.165) is 13.0 Å². The number of hydrogen-bond acceptors (Lipinski definition) is 3. The second-order valence-corrected chi connectivity index (χ2v) is 5.86. The molecule has 0 aliphatic carbocycles. The van der Waals surface area contributed by atoms with Crippen molar-refractivity contribution in [3.8, 4) is 0 Å². The predicted molar refractivity (Wildman–Crippen MR) is 82.0 cm³/mol. The number of likely N-dealkylation sites (N-methyl/N-ethyl adjacent to an activating group) is 1. The molecule has 0 radical (unpaired) electrons. The van der Waals surface area contributed by atoms with Gasteiger partial charge in [-0.15, -0.1) is 0 Å². The van der Waals surface area contributed by atoms with Gasteiger partial charge in [0.15, 0.2) is 0 Å². The van der Waals surface area contributed by atoms with Gasteiger partial charge in [-0.25, -0.2) is 0 Å². The molecule has 1 N–H and O–H groups in total. The monoisotopic (exact) mass is 277 g/mol. The highest BCUT2D eigenvalue weighted by Crippen LogP contribution is 2.22. The zero-order chi connectivity index (χ0) is 14.4. The van der Waals surface area contributed by atoms with Gasteiger partial charge in [0.05, 0.1) is 25.9 Å². The van der Waals surface area contributed by atoms with Gasteiger partial charge in [-0.05, 0) is 30.0 Å². The smallest absolute Gasteiger partial charge is 0.100 e. The molecular weight excluding hydrogens is 250 g/mol. The predicted octanol–water partition coefficient (Wildman–Crippen LogP) is 2.95. The van der Waals surface area contributed by atoms with Crippen molar-refractivity contribution in [1.29, 1.82) is 0 Å². The molecule has 0 aromatic heterocycles. The molecule has 1 saturated heterocycles. The molecule has 3 heteroatoms. The molecule has 1 aliphatic rings. The fourth-order valence-electron chi connectivity index (χ4n) is 2.71. The van der Waals surface area contributed by atoms with Gasteiger partial charge in [0.1, 0.15) is 6.10 Å². The van der Waals surface area contributed by atoms with Crippen LogP contribution in [0.1, 0.15) is 37.9 Å². The Labute approximate surface area is 122 Å². The summed E-state index contributed by atoms with van der Waals surface area (Å²) in [4.78, 5) is 0. The van der Waals surface area contributed by atoms with Crippen LogP contribution >= 0.6 is 0 Å². The lowest BCUT2D eigenvalue weighted by molar-refractivity contribution is -0.102. The first-order valence-electron chi connectivity index (χ1n) is 7.72. The van der Waals surface area contributed by atoms with E-state index in [1.54, 1.807) is 0 Å². The molecule has 1 aromatic carbocycles. The van der Waals surface area contributed by atoms with Crippen LogP contribution in [-0.4, -0.2) is 32.5 Å². The van der Waals surface area contributed by atoms with Gasteiger partial charge in [0.2, 0.25) is 0 Å². The minimum Gasteiger partial charge on any atom is -0.376 e. The summed E-state index contributed by atoms with van der Waals surface area (Å²) in [7, 11) is 0. The molecule has 3 nitrogen and oxygen atoms in total. The summed E-state index contributed by atoms with van der Waals surface area (Å²) in [5.41, 5.74) is 2.69. The minimum atomic E-state index is 0.111. The summed E-state index contributed by atoms with van der Waals surface area (Å²) < 4.78 is 11.4. The normalized spacial score (nSPS) is 21.1. The first-order valence-corrected chi connectivity index (χ1v) is 7.72. The third-order valence-electron chi connectivity index (χ3n) is 3.62. The van der Waals surface area contributed by atoms with Crippen molar-refractivity contribution in [2.75, 3.05) is 26.4 Å². The van der Waals surface area contributed by atoms with E-state index in [1.165, 1.54) is 11.1 Å². The van der Waals surface area contributed by atoms with Crippen LogP contribution in [0.3, 0.4) is 0 Å². The van der Waals surface area contributed by atoms with Crippen LogP contribution in [0, 0.1) is 5.92 Å². The van der Waals surface area contributed by atoms with Gasteiger partial charge >= 0.3 is 0 Å². The van der Waals surface area contributed by atoms with E-state index in [1.807, 2.05) is 0 Å². The van der Waals surface area contributed by atoms with Gasteiger partial charge in [0, 0.05) is 0 Å². The summed E-state index contributed by atoms with van der Waals surface area (Å²) >= 11 is 0. The Hall–Kier alpha value is -0.900. The van der Waals surface area contributed by atoms with E-state index >= 15 is 0 Å². The Bertz CT molecular complexity index is 382. The van der Waals surface area contributed by atoms with Gasteiger partial charge in [-0.2, -0.15) is 0 Å². The average Bonchev–Trinajstić information content (AvgIpc) is 2.46. The second kappa shape index (κ2) is 7.77. The lowest BCUT2D eigenvalue weighted by atomic mass is 9.97. The summed E-state index contributed by atoms with van der Waals surface area (Å²) in [5, 5.41) is 3.52. The maximum absolute atomic E-state index is 5.85. The Morgan fingerprint density at radius 2 is 1.95 bits per heavy atom. The molecule has 0 saturated carbocycles. The van der Waals surface area contributed by atoms with E-state index in [2.05, 4.69) is 50.4 Å². The molecule has 2 unspecified atom stereocenters. The zero-order valence-electron chi connectivity index (χ0n) is 12.9. The first kappa shape index (κ1) is 15.5. The molecule has 1 heterocycles. The molecule has 2 rings (SSSR count). The summed E-state index contributed by atoms with van der Waals surface area (Å²) in [6.07, 6.45) is 1.24. The number of benzene rings is 1. The van der Waals surface area contributed by atoms with Gasteiger partial charge < -0.3 is 14.8 Å². The van der Waals surface area contributed by atoms with E-state index in [9.17, 15) is 0 Å². The molecule has 112 valence electrons. The van der Waals surface area contributed by atoms with Crippen LogP contribution in [0.4, 0.5) is 0 Å². The maximum Gasteiger partial charge on any atom is 0.100 e. The van der Waals surface area contributed by atoms with E-state index in [4.69, 9.17) is 9.47 Å². The Morgan fingerprint density at radius 3 is 2.50 bits per heavy atom. The van der Waals surface area contributed by atoms with E-state index < -0.39 is 0 Å². The van der Waals surface area contributed by atoms with Crippen LogP contribution in [-0.2, 0) is 15.9 Å². The number of rotatable bonds is 6. The third kappa shape index (κ3) is 4.30. The second-order valence-electron chi connectivity index (χ2n) is 5.86. The molecule has 0 spiro atoms. The van der Waals surface area contributed by atoms with Crippen molar-refractivity contribution in [2.45, 2.75) is 39.3 Å². The lowest BCUT2D eigenvalue weighted by Crippen LogP contribution is -2.40. The molecular formula is C17H27NO2. The zero-order valence-corrected chi connectivity index (χ0v) is 12.9. The average molecular weight is 277 g/mol. The molecule has 20 heavy (non-hydrogen) atoms. The SMILES string of the molecule is CCNC(c1ccc(CC(C)C)cc1)C1COCCO1. The standard InChI is InChI=1S/C17H27NO2/c1-4-18-17(16-12-19-9-10-20-16)15-7-5-14(6-8-15)11-13(2)3/h5-8,13,16-18H,4,9-12H2,1-3H3. The van der Waals surface area contributed by atoms with Crippen LogP contribution in [0.25, 0.3) is 0 Å². The van der Waals surface area contributed by atoms with E-state index in [0.29, 0.717) is 25.7 Å². The van der Waals surface area contributed by atoms with Crippen LogP contribution < -0.4 is 5.32 Å². The molecule has 0 amide bonds. The summed E-state index contributed by atoms with van der Waals surface area (Å²) in [6.45, 7) is 9.64. The molecule has 1 fully saturated rings. The van der Waals surface area contributed by atoms with Crippen molar-refractivity contribution in [3.63, 3.8) is 0 Å². The van der Waals surface area contributed by atoms with Crippen molar-refractivity contribution in [2.24, 2.45) is 5.92 Å². The van der Waals surface area contributed by atoms with Gasteiger partial charge in [0.25, 0.3) is 0 Å². The molecule has 0 bridgehead atoms. The Balaban J connectivity index is 2.07. The van der Waals surface area contributed by atoms with Crippen LogP contribution in [0.5, 0.6) is 0 Å². The van der Waals surface area contributed by atoms with Crippen molar-refractivity contribution in [1.82, 2.24) is 5.32 Å². The summed E-state index contributed by atoms with van der Waals surface area (Å²) in [5.74, 6) is 0.695. The first-order chi connectivity index (χ1) is 9.70. The maximum atomic E-state index is 5.85. The van der Waals surface area contributed by atoms with Crippen molar-refractivity contribution >= 4 is 0 Å². The van der Waals surface area contributed by atoms with Crippen LogP contribution in [0.15, 0.2) is 24.3 Å². The largest absolute Gasteiger partial charge is 0.376 e.